The lowest BCUT2D eigenvalue weighted by Gasteiger charge is -2.13. The molecule has 1 unspecified atom stereocenters. The average Bonchev–Trinajstić information content (AvgIpc) is 2.83. The molecular weight excluding hydrogens is 242 g/mol. The van der Waals surface area contributed by atoms with Crippen LogP contribution in [0, 0.1) is 6.92 Å². The minimum absolute atomic E-state index is 0.217. The molecule has 2 rings (SSSR count). The molecule has 0 saturated carbocycles. The van der Waals surface area contributed by atoms with Crippen LogP contribution in [0.25, 0.3) is 0 Å². The Labute approximate surface area is 113 Å². The summed E-state index contributed by atoms with van der Waals surface area (Å²) in [4.78, 5) is 4.15. The molecule has 1 aromatic carbocycles. The number of nitrogens with zero attached hydrogens (tertiary/aromatic N) is 2. The van der Waals surface area contributed by atoms with Gasteiger partial charge < -0.3 is 14.6 Å². The minimum Gasteiger partial charge on any atom is -0.494 e. The van der Waals surface area contributed by atoms with Crippen LogP contribution in [0.5, 0.6) is 5.75 Å². The summed E-state index contributed by atoms with van der Waals surface area (Å²) in [5, 5.41) is 7.21. The number of rotatable bonds is 6. The van der Waals surface area contributed by atoms with Gasteiger partial charge in [-0.15, -0.1) is 0 Å². The summed E-state index contributed by atoms with van der Waals surface area (Å²) in [7, 11) is 0. The monoisotopic (exact) mass is 261 g/mol. The van der Waals surface area contributed by atoms with Crippen LogP contribution in [0.2, 0.25) is 0 Å². The van der Waals surface area contributed by atoms with E-state index >= 15 is 0 Å². The van der Waals surface area contributed by atoms with Crippen LogP contribution >= 0.6 is 0 Å². The number of ether oxygens (including phenoxy) is 1. The molecule has 1 heterocycles. The smallest absolute Gasteiger partial charge is 0.223 e. The summed E-state index contributed by atoms with van der Waals surface area (Å²) >= 11 is 0. The van der Waals surface area contributed by atoms with Crippen molar-refractivity contribution < 1.29 is 9.26 Å². The molecule has 0 fully saturated rings. The van der Waals surface area contributed by atoms with Gasteiger partial charge in [0.25, 0.3) is 0 Å². The number of aromatic nitrogens is 2. The predicted octanol–water partition coefficient (Wildman–Crippen LogP) is 2.63. The maximum Gasteiger partial charge on any atom is 0.223 e. The van der Waals surface area contributed by atoms with Gasteiger partial charge in [-0.1, -0.05) is 17.3 Å². The minimum atomic E-state index is 0.217. The van der Waals surface area contributed by atoms with Crippen molar-refractivity contribution in [2.45, 2.75) is 33.4 Å². The highest BCUT2D eigenvalue weighted by atomic mass is 16.5. The molecule has 19 heavy (non-hydrogen) atoms. The second kappa shape index (κ2) is 6.33. The normalized spacial score (nSPS) is 12.4. The van der Waals surface area contributed by atoms with Gasteiger partial charge >= 0.3 is 0 Å². The van der Waals surface area contributed by atoms with E-state index in [1.807, 2.05) is 19.1 Å². The van der Waals surface area contributed by atoms with Crippen molar-refractivity contribution in [1.82, 2.24) is 15.5 Å². The van der Waals surface area contributed by atoms with E-state index in [-0.39, 0.29) is 6.04 Å². The summed E-state index contributed by atoms with van der Waals surface area (Å²) in [5.41, 5.74) is 1.20. The van der Waals surface area contributed by atoms with Crippen LogP contribution in [-0.2, 0) is 6.54 Å². The van der Waals surface area contributed by atoms with E-state index < -0.39 is 0 Å². The Hall–Kier alpha value is -1.88. The number of hydrogen-bond acceptors (Lipinski definition) is 5. The fourth-order valence-electron chi connectivity index (χ4n) is 1.79. The Morgan fingerprint density at radius 3 is 2.63 bits per heavy atom. The van der Waals surface area contributed by atoms with Crippen LogP contribution in [0.3, 0.4) is 0 Å². The molecule has 0 aliphatic rings. The van der Waals surface area contributed by atoms with Crippen molar-refractivity contribution in [2.24, 2.45) is 0 Å². The molecule has 0 aliphatic heterocycles. The van der Waals surface area contributed by atoms with Crippen LogP contribution in [0.1, 0.15) is 37.2 Å². The zero-order valence-corrected chi connectivity index (χ0v) is 11.5. The topological polar surface area (TPSA) is 60.2 Å². The van der Waals surface area contributed by atoms with Crippen LogP contribution in [0.4, 0.5) is 0 Å². The quantitative estimate of drug-likeness (QED) is 0.866. The van der Waals surface area contributed by atoms with Crippen molar-refractivity contribution in [2.75, 3.05) is 6.61 Å². The van der Waals surface area contributed by atoms with Crippen molar-refractivity contribution >= 4 is 0 Å². The summed E-state index contributed by atoms with van der Waals surface area (Å²) in [6.07, 6.45) is 0. The van der Waals surface area contributed by atoms with Crippen molar-refractivity contribution in [3.8, 4) is 5.75 Å². The fraction of sp³-hybridized carbons (Fsp3) is 0.429. The molecule has 1 atom stereocenters. The van der Waals surface area contributed by atoms with Crippen LogP contribution < -0.4 is 10.1 Å². The molecule has 102 valence electrons. The third-order valence-corrected chi connectivity index (χ3v) is 2.83. The molecule has 0 spiro atoms. The van der Waals surface area contributed by atoms with Crippen LogP contribution in [-0.4, -0.2) is 16.7 Å². The van der Waals surface area contributed by atoms with Crippen molar-refractivity contribution in [1.29, 1.82) is 0 Å². The summed E-state index contributed by atoms with van der Waals surface area (Å²) in [6, 6.07) is 8.30. The van der Waals surface area contributed by atoms with E-state index in [1.165, 1.54) is 5.56 Å². The largest absolute Gasteiger partial charge is 0.494 e. The van der Waals surface area contributed by atoms with E-state index in [1.54, 1.807) is 6.92 Å². The highest BCUT2D eigenvalue weighted by Gasteiger charge is 2.07. The Kier molecular flexibility index (Phi) is 4.52. The SMILES string of the molecule is CCOc1ccc(C(C)NCc2noc(C)n2)cc1. The van der Waals surface area contributed by atoms with E-state index in [4.69, 9.17) is 9.26 Å². The summed E-state index contributed by atoms with van der Waals surface area (Å²) in [5.74, 6) is 2.16. The Morgan fingerprint density at radius 1 is 1.32 bits per heavy atom. The first-order valence-corrected chi connectivity index (χ1v) is 6.44. The van der Waals surface area contributed by atoms with Gasteiger partial charge in [-0.25, -0.2) is 0 Å². The highest BCUT2D eigenvalue weighted by Crippen LogP contribution is 2.17. The highest BCUT2D eigenvalue weighted by molar-refractivity contribution is 5.28. The Bertz CT molecular complexity index is 508. The molecule has 0 bridgehead atoms. The fourth-order valence-corrected chi connectivity index (χ4v) is 1.79. The molecule has 2 aromatic rings. The summed E-state index contributed by atoms with van der Waals surface area (Å²) in [6.45, 7) is 7.13. The molecule has 0 saturated heterocycles. The van der Waals surface area contributed by atoms with Gasteiger partial charge in [-0.05, 0) is 31.5 Å². The van der Waals surface area contributed by atoms with Gasteiger partial charge in [0.2, 0.25) is 5.89 Å². The number of hydrogen-bond donors (Lipinski definition) is 1. The maximum atomic E-state index is 5.42. The first-order chi connectivity index (χ1) is 9.19. The lowest BCUT2D eigenvalue weighted by molar-refractivity contribution is 0.340. The number of benzene rings is 1. The zero-order chi connectivity index (χ0) is 13.7. The second-order valence-corrected chi connectivity index (χ2v) is 4.33. The average molecular weight is 261 g/mol. The zero-order valence-electron chi connectivity index (χ0n) is 11.5. The van der Waals surface area contributed by atoms with Gasteiger partial charge in [0.1, 0.15) is 5.75 Å². The van der Waals surface area contributed by atoms with Crippen molar-refractivity contribution in [3.63, 3.8) is 0 Å². The predicted molar refractivity (Wildman–Crippen MR) is 71.9 cm³/mol. The first kappa shape index (κ1) is 13.5. The van der Waals surface area contributed by atoms with E-state index in [9.17, 15) is 0 Å². The number of nitrogens with one attached hydrogen (secondary N) is 1. The van der Waals surface area contributed by atoms with Crippen LogP contribution in [0.15, 0.2) is 28.8 Å². The Morgan fingerprint density at radius 2 is 2.05 bits per heavy atom. The lowest BCUT2D eigenvalue weighted by atomic mass is 10.1. The molecule has 5 nitrogen and oxygen atoms in total. The molecule has 0 amide bonds. The second-order valence-electron chi connectivity index (χ2n) is 4.33. The van der Waals surface area contributed by atoms with Gasteiger partial charge in [0, 0.05) is 13.0 Å². The lowest BCUT2D eigenvalue weighted by Crippen LogP contribution is -2.18. The Balaban J connectivity index is 1.90. The molecule has 1 N–H and O–H groups in total. The molecular formula is C14H19N3O2. The van der Waals surface area contributed by atoms with E-state index in [2.05, 4.69) is 34.5 Å². The third kappa shape index (κ3) is 3.79. The third-order valence-electron chi connectivity index (χ3n) is 2.83. The summed E-state index contributed by atoms with van der Waals surface area (Å²) < 4.78 is 10.3. The first-order valence-electron chi connectivity index (χ1n) is 6.44. The molecule has 1 aromatic heterocycles. The van der Waals surface area contributed by atoms with Gasteiger partial charge in [-0.2, -0.15) is 4.98 Å². The van der Waals surface area contributed by atoms with Gasteiger partial charge in [0.15, 0.2) is 5.82 Å². The van der Waals surface area contributed by atoms with Gasteiger partial charge in [-0.3, -0.25) is 0 Å². The molecule has 5 heteroatoms. The molecule has 0 radical (unpaired) electrons. The van der Waals surface area contributed by atoms with Crippen molar-refractivity contribution in [3.05, 3.63) is 41.5 Å². The standard InChI is InChI=1S/C14H19N3O2/c1-4-18-13-7-5-12(6-8-13)10(2)15-9-14-16-11(3)19-17-14/h5-8,10,15H,4,9H2,1-3H3. The van der Waals surface area contributed by atoms with E-state index in [0.717, 1.165) is 5.75 Å². The van der Waals surface area contributed by atoms with Gasteiger partial charge in [0.05, 0.1) is 13.2 Å². The van der Waals surface area contributed by atoms with E-state index in [0.29, 0.717) is 24.9 Å². The number of aryl methyl sites for hydroxylation is 1. The molecule has 0 aliphatic carbocycles. The maximum absolute atomic E-state index is 5.42.